The minimum absolute atomic E-state index is 0.0310. The van der Waals surface area contributed by atoms with E-state index in [2.05, 4.69) is 20.8 Å². The van der Waals surface area contributed by atoms with E-state index in [4.69, 9.17) is 19.9 Å². The number of methoxy groups -OCH3 is 1. The lowest BCUT2D eigenvalue weighted by atomic mass is 9.85. The molecule has 0 aromatic heterocycles. The first-order valence-electron chi connectivity index (χ1n) is 6.33. The Labute approximate surface area is 106 Å². The van der Waals surface area contributed by atoms with Crippen LogP contribution in [0.15, 0.2) is 0 Å². The van der Waals surface area contributed by atoms with Gasteiger partial charge >= 0.3 is 0 Å². The van der Waals surface area contributed by atoms with Gasteiger partial charge in [0, 0.05) is 26.4 Å². The van der Waals surface area contributed by atoms with Crippen molar-refractivity contribution in [3.63, 3.8) is 0 Å². The first-order valence-corrected chi connectivity index (χ1v) is 6.33. The van der Waals surface area contributed by atoms with Crippen LogP contribution >= 0.6 is 0 Å². The van der Waals surface area contributed by atoms with E-state index in [1.807, 2.05) is 6.92 Å². The molecule has 0 aromatic rings. The molecular formula is C13H29NO3. The molecule has 0 saturated carbocycles. The van der Waals surface area contributed by atoms with Gasteiger partial charge in [0.25, 0.3) is 0 Å². The van der Waals surface area contributed by atoms with E-state index >= 15 is 0 Å². The summed E-state index contributed by atoms with van der Waals surface area (Å²) >= 11 is 0. The van der Waals surface area contributed by atoms with Gasteiger partial charge in [-0.05, 0) is 18.8 Å². The summed E-state index contributed by atoms with van der Waals surface area (Å²) in [4.78, 5) is 0. The van der Waals surface area contributed by atoms with Crippen molar-refractivity contribution >= 4 is 0 Å². The second-order valence-electron chi connectivity index (χ2n) is 5.48. The number of hydrogen-bond donors (Lipinski definition) is 1. The van der Waals surface area contributed by atoms with E-state index in [9.17, 15) is 0 Å². The molecule has 104 valence electrons. The maximum absolute atomic E-state index is 5.92. The molecular weight excluding hydrogens is 218 g/mol. The second-order valence-corrected chi connectivity index (χ2v) is 5.48. The van der Waals surface area contributed by atoms with Gasteiger partial charge in [-0.3, -0.25) is 0 Å². The van der Waals surface area contributed by atoms with Gasteiger partial charge in [0.1, 0.15) is 0 Å². The molecule has 0 aliphatic carbocycles. The molecule has 17 heavy (non-hydrogen) atoms. The lowest BCUT2D eigenvalue weighted by Crippen LogP contribution is -2.44. The van der Waals surface area contributed by atoms with Gasteiger partial charge in [-0.25, -0.2) is 0 Å². The Morgan fingerprint density at radius 3 is 2.18 bits per heavy atom. The lowest BCUT2D eigenvalue weighted by molar-refractivity contribution is -0.0537. The monoisotopic (exact) mass is 247 g/mol. The summed E-state index contributed by atoms with van der Waals surface area (Å²) in [6, 6.07) is 0.0310. The Kier molecular flexibility index (Phi) is 8.78. The Balaban J connectivity index is 3.63. The fourth-order valence-electron chi connectivity index (χ4n) is 1.83. The van der Waals surface area contributed by atoms with Gasteiger partial charge < -0.3 is 19.9 Å². The maximum Gasteiger partial charge on any atom is 0.0772 e. The summed E-state index contributed by atoms with van der Waals surface area (Å²) in [6.07, 6.45) is 0.983. The average Bonchev–Trinajstić information content (AvgIpc) is 2.19. The molecule has 0 rings (SSSR count). The number of rotatable bonds is 9. The van der Waals surface area contributed by atoms with E-state index in [0.717, 1.165) is 19.6 Å². The van der Waals surface area contributed by atoms with Crippen LogP contribution in [0.2, 0.25) is 0 Å². The minimum atomic E-state index is 0.0310. The molecule has 4 nitrogen and oxygen atoms in total. The van der Waals surface area contributed by atoms with Gasteiger partial charge in [0.2, 0.25) is 0 Å². The van der Waals surface area contributed by atoms with Gasteiger partial charge in [-0.2, -0.15) is 0 Å². The summed E-state index contributed by atoms with van der Waals surface area (Å²) in [5.74, 6) is 0. The van der Waals surface area contributed by atoms with E-state index in [-0.39, 0.29) is 17.6 Å². The normalized spacial score (nSPS) is 15.9. The standard InChI is InChI=1S/C13H29NO3/c1-11(14)12(13(2,3)4)17-10-9-16-8-6-7-15-5/h11-12H,6-10,14H2,1-5H3. The van der Waals surface area contributed by atoms with Crippen molar-refractivity contribution in [3.8, 4) is 0 Å². The van der Waals surface area contributed by atoms with Crippen molar-refractivity contribution in [2.24, 2.45) is 11.1 Å². The van der Waals surface area contributed by atoms with Crippen molar-refractivity contribution in [3.05, 3.63) is 0 Å². The Morgan fingerprint density at radius 2 is 1.71 bits per heavy atom. The highest BCUT2D eigenvalue weighted by atomic mass is 16.5. The Bertz CT molecular complexity index is 178. The summed E-state index contributed by atoms with van der Waals surface area (Å²) < 4.78 is 16.2. The Morgan fingerprint density at radius 1 is 1.06 bits per heavy atom. The SMILES string of the molecule is COCCCOCCOC(C(C)N)C(C)(C)C. The third kappa shape index (κ3) is 8.55. The topological polar surface area (TPSA) is 53.7 Å². The molecule has 0 fully saturated rings. The zero-order chi connectivity index (χ0) is 13.3. The van der Waals surface area contributed by atoms with Crippen molar-refractivity contribution in [1.29, 1.82) is 0 Å². The van der Waals surface area contributed by atoms with E-state index in [1.165, 1.54) is 0 Å². The molecule has 2 atom stereocenters. The van der Waals surface area contributed by atoms with E-state index < -0.39 is 0 Å². The molecule has 0 aromatic carbocycles. The predicted octanol–water partition coefficient (Wildman–Crippen LogP) is 1.82. The molecule has 0 amide bonds. The molecule has 0 aliphatic heterocycles. The van der Waals surface area contributed by atoms with Crippen molar-refractivity contribution in [2.45, 2.75) is 46.3 Å². The highest BCUT2D eigenvalue weighted by Gasteiger charge is 2.28. The largest absolute Gasteiger partial charge is 0.385 e. The Hall–Kier alpha value is -0.160. The zero-order valence-corrected chi connectivity index (χ0v) is 12.0. The van der Waals surface area contributed by atoms with Crippen molar-refractivity contribution < 1.29 is 14.2 Å². The van der Waals surface area contributed by atoms with Crippen LogP contribution in [-0.2, 0) is 14.2 Å². The molecule has 0 radical (unpaired) electrons. The summed E-state index contributed by atoms with van der Waals surface area (Å²) in [5, 5.41) is 0. The molecule has 2 N–H and O–H groups in total. The molecule has 2 unspecified atom stereocenters. The molecule has 0 spiro atoms. The zero-order valence-electron chi connectivity index (χ0n) is 12.0. The highest BCUT2D eigenvalue weighted by Crippen LogP contribution is 2.24. The van der Waals surface area contributed by atoms with Gasteiger partial charge in [-0.15, -0.1) is 0 Å². The van der Waals surface area contributed by atoms with Crippen LogP contribution in [0.4, 0.5) is 0 Å². The van der Waals surface area contributed by atoms with Gasteiger partial charge in [0.15, 0.2) is 0 Å². The third-order valence-electron chi connectivity index (χ3n) is 2.49. The first kappa shape index (κ1) is 16.8. The van der Waals surface area contributed by atoms with Crippen molar-refractivity contribution in [2.75, 3.05) is 33.5 Å². The molecule has 0 bridgehead atoms. The highest BCUT2D eigenvalue weighted by molar-refractivity contribution is 4.81. The van der Waals surface area contributed by atoms with E-state index in [0.29, 0.717) is 13.2 Å². The molecule has 0 aliphatic rings. The number of ether oxygens (including phenoxy) is 3. The fourth-order valence-corrected chi connectivity index (χ4v) is 1.83. The van der Waals surface area contributed by atoms with Crippen LogP contribution in [0, 0.1) is 5.41 Å². The van der Waals surface area contributed by atoms with Crippen LogP contribution < -0.4 is 5.73 Å². The van der Waals surface area contributed by atoms with Crippen LogP contribution in [0.5, 0.6) is 0 Å². The first-order chi connectivity index (χ1) is 7.89. The third-order valence-corrected chi connectivity index (χ3v) is 2.49. The number of nitrogens with two attached hydrogens (primary N) is 1. The van der Waals surface area contributed by atoms with Crippen LogP contribution in [0.25, 0.3) is 0 Å². The summed E-state index contributed by atoms with van der Waals surface area (Å²) in [6.45, 7) is 11.1. The smallest absolute Gasteiger partial charge is 0.0772 e. The number of hydrogen-bond acceptors (Lipinski definition) is 4. The van der Waals surface area contributed by atoms with Crippen LogP contribution in [0.1, 0.15) is 34.1 Å². The predicted molar refractivity (Wildman–Crippen MR) is 70.2 cm³/mol. The second kappa shape index (κ2) is 8.86. The van der Waals surface area contributed by atoms with Gasteiger partial charge in [0.05, 0.1) is 19.3 Å². The van der Waals surface area contributed by atoms with Crippen LogP contribution in [-0.4, -0.2) is 45.7 Å². The van der Waals surface area contributed by atoms with Crippen LogP contribution in [0.3, 0.4) is 0 Å². The van der Waals surface area contributed by atoms with E-state index in [1.54, 1.807) is 7.11 Å². The van der Waals surface area contributed by atoms with Crippen molar-refractivity contribution in [1.82, 2.24) is 0 Å². The minimum Gasteiger partial charge on any atom is -0.385 e. The summed E-state index contributed by atoms with van der Waals surface area (Å²) in [5.41, 5.74) is 5.98. The lowest BCUT2D eigenvalue weighted by Gasteiger charge is -2.33. The molecule has 0 saturated heterocycles. The average molecular weight is 247 g/mol. The summed E-state index contributed by atoms with van der Waals surface area (Å²) in [7, 11) is 1.69. The fraction of sp³-hybridized carbons (Fsp3) is 1.00. The quantitative estimate of drug-likeness (QED) is 0.631. The maximum atomic E-state index is 5.92. The molecule has 0 heterocycles. The molecule has 4 heteroatoms. The van der Waals surface area contributed by atoms with Gasteiger partial charge in [-0.1, -0.05) is 20.8 Å².